The summed E-state index contributed by atoms with van der Waals surface area (Å²) in [5.41, 5.74) is 0. The first-order chi connectivity index (χ1) is 10.1. The normalized spacial score (nSPS) is 13.8. The van der Waals surface area contributed by atoms with Crippen molar-refractivity contribution < 1.29 is 58.5 Å². The van der Waals surface area contributed by atoms with Crippen molar-refractivity contribution >= 4 is 0 Å². The molecule has 0 spiro atoms. The zero-order valence-electron chi connectivity index (χ0n) is 10.3. The highest BCUT2D eigenvalue weighted by Crippen LogP contribution is 2.45. The number of alkyl halides is 10. The van der Waals surface area contributed by atoms with Gasteiger partial charge in [0, 0.05) is 0 Å². The minimum Gasteiger partial charge on any atom is -0.502 e. The Morgan fingerprint density at radius 3 is 1.22 bits per heavy atom. The van der Waals surface area contributed by atoms with Gasteiger partial charge in [-0.15, -0.1) is 0 Å². The first kappa shape index (κ1) is 19.0. The Balaban J connectivity index is 3.14. The predicted molar refractivity (Wildman–Crippen MR) is 51.4 cm³/mol. The summed E-state index contributed by atoms with van der Waals surface area (Å²) in [7, 11) is 0. The lowest BCUT2D eigenvalue weighted by Crippen LogP contribution is -2.42. The van der Waals surface area contributed by atoms with Gasteiger partial charge in [0.15, 0.2) is 11.5 Å². The monoisotopic (exact) mass is 362 g/mol. The van der Waals surface area contributed by atoms with Gasteiger partial charge in [-0.3, -0.25) is 0 Å². The molecule has 0 bridgehead atoms. The molecule has 0 amide bonds. The number of phenols is 1. The molecule has 0 saturated carbocycles. The molecule has 0 heterocycles. The Hall–Kier alpha value is -2.08. The largest absolute Gasteiger partial charge is 0.502 e. The molecule has 23 heavy (non-hydrogen) atoms. The summed E-state index contributed by atoms with van der Waals surface area (Å²) in [4.78, 5) is 0. The van der Waals surface area contributed by atoms with E-state index in [2.05, 4.69) is 9.47 Å². The molecular formula is C10H4F10O3. The van der Waals surface area contributed by atoms with Crippen LogP contribution in [0.3, 0.4) is 0 Å². The van der Waals surface area contributed by atoms with Gasteiger partial charge in [0.1, 0.15) is 0 Å². The van der Waals surface area contributed by atoms with Crippen LogP contribution in [-0.2, 0) is 0 Å². The molecule has 0 fully saturated rings. The summed E-state index contributed by atoms with van der Waals surface area (Å²) < 4.78 is 128. The molecule has 1 N–H and O–H groups in total. The quantitative estimate of drug-likeness (QED) is 0.804. The van der Waals surface area contributed by atoms with Crippen molar-refractivity contribution in [2.24, 2.45) is 0 Å². The van der Waals surface area contributed by atoms with Crippen molar-refractivity contribution in [3.8, 4) is 17.2 Å². The van der Waals surface area contributed by atoms with E-state index in [1.54, 1.807) is 0 Å². The molecule has 0 aliphatic rings. The fraction of sp³-hybridized carbons (Fsp3) is 0.400. The van der Waals surface area contributed by atoms with Crippen LogP contribution in [0.15, 0.2) is 18.2 Å². The molecule has 0 aromatic heterocycles. The first-order valence-electron chi connectivity index (χ1n) is 5.17. The van der Waals surface area contributed by atoms with E-state index in [4.69, 9.17) is 0 Å². The molecule has 0 aliphatic carbocycles. The predicted octanol–water partition coefficient (Wildman–Crippen LogP) is 4.46. The van der Waals surface area contributed by atoms with Crippen molar-refractivity contribution in [1.29, 1.82) is 0 Å². The maximum atomic E-state index is 12.6. The van der Waals surface area contributed by atoms with Crippen molar-refractivity contribution in [3.05, 3.63) is 18.2 Å². The number of hydrogen-bond acceptors (Lipinski definition) is 3. The SMILES string of the molecule is Oc1c(OC(F)(F)C(F)(F)F)cccc1OC(F)(F)C(F)(F)F. The Bertz CT molecular complexity index is 517. The number of aromatic hydroxyl groups is 1. The molecule has 132 valence electrons. The number of benzene rings is 1. The van der Waals surface area contributed by atoms with Gasteiger partial charge in [-0.2, -0.15) is 43.9 Å². The Kier molecular flexibility index (Phi) is 4.56. The smallest absolute Gasteiger partial charge is 0.499 e. The van der Waals surface area contributed by atoms with Gasteiger partial charge < -0.3 is 14.6 Å². The highest BCUT2D eigenvalue weighted by molar-refractivity contribution is 5.50. The van der Waals surface area contributed by atoms with Crippen LogP contribution in [0.1, 0.15) is 0 Å². The second-order valence-corrected chi connectivity index (χ2v) is 3.84. The third-order valence-corrected chi connectivity index (χ3v) is 2.10. The molecule has 0 unspecified atom stereocenters. The van der Waals surface area contributed by atoms with Crippen LogP contribution in [0, 0.1) is 0 Å². The molecule has 1 aromatic rings. The van der Waals surface area contributed by atoms with Crippen molar-refractivity contribution in [1.82, 2.24) is 0 Å². The minimum atomic E-state index is -6.23. The standard InChI is InChI=1S/C10H4F10O3/c11-7(12,13)9(17,18)22-4-2-1-3-5(6(4)21)23-10(19,20)8(14,15)16/h1-3,21H. The van der Waals surface area contributed by atoms with Crippen LogP contribution >= 0.6 is 0 Å². The topological polar surface area (TPSA) is 38.7 Å². The van der Waals surface area contributed by atoms with Crippen LogP contribution in [0.2, 0.25) is 0 Å². The molecule has 13 heteroatoms. The van der Waals surface area contributed by atoms with Crippen LogP contribution < -0.4 is 9.47 Å². The number of ether oxygens (including phenoxy) is 2. The van der Waals surface area contributed by atoms with Gasteiger partial charge in [-0.05, 0) is 12.1 Å². The maximum absolute atomic E-state index is 12.6. The maximum Gasteiger partial charge on any atom is 0.499 e. The van der Waals surface area contributed by atoms with E-state index in [0.29, 0.717) is 6.07 Å². The summed E-state index contributed by atoms with van der Waals surface area (Å²) in [6.45, 7) is 0. The van der Waals surface area contributed by atoms with E-state index < -0.39 is 41.8 Å². The van der Waals surface area contributed by atoms with Gasteiger partial charge in [0.2, 0.25) is 5.75 Å². The third-order valence-electron chi connectivity index (χ3n) is 2.10. The van der Waals surface area contributed by atoms with Gasteiger partial charge in [0.25, 0.3) is 0 Å². The van der Waals surface area contributed by atoms with Gasteiger partial charge in [-0.25, -0.2) is 0 Å². The van der Waals surface area contributed by atoms with Crippen LogP contribution in [0.4, 0.5) is 43.9 Å². The molecule has 1 rings (SSSR count). The summed E-state index contributed by atoms with van der Waals surface area (Å²) in [6.07, 6.45) is -24.1. The number of phenolic OH excluding ortho intramolecular Hbond substituents is 1. The Morgan fingerprint density at radius 1 is 0.652 bits per heavy atom. The van der Waals surface area contributed by atoms with Crippen molar-refractivity contribution in [3.63, 3.8) is 0 Å². The highest BCUT2D eigenvalue weighted by atomic mass is 19.4. The highest BCUT2D eigenvalue weighted by Gasteiger charge is 2.62. The minimum absolute atomic E-state index is 0.271. The van der Waals surface area contributed by atoms with E-state index in [1.807, 2.05) is 0 Å². The van der Waals surface area contributed by atoms with E-state index in [-0.39, 0.29) is 12.1 Å². The number of rotatable bonds is 4. The summed E-state index contributed by atoms with van der Waals surface area (Å²) >= 11 is 0. The Labute approximate surface area is 120 Å². The van der Waals surface area contributed by atoms with Gasteiger partial charge in [-0.1, -0.05) is 6.07 Å². The molecule has 1 aromatic carbocycles. The first-order valence-corrected chi connectivity index (χ1v) is 5.17. The molecule has 0 radical (unpaired) electrons. The zero-order chi connectivity index (χ0) is 18.3. The number of hydrogen-bond donors (Lipinski definition) is 1. The molecule has 0 atom stereocenters. The van der Waals surface area contributed by atoms with Crippen molar-refractivity contribution in [2.75, 3.05) is 0 Å². The zero-order valence-corrected chi connectivity index (χ0v) is 10.3. The van der Waals surface area contributed by atoms with Crippen LogP contribution in [0.25, 0.3) is 0 Å². The van der Waals surface area contributed by atoms with Gasteiger partial charge in [0.05, 0.1) is 0 Å². The second kappa shape index (κ2) is 5.53. The van der Waals surface area contributed by atoms with Crippen molar-refractivity contribution in [2.45, 2.75) is 24.6 Å². The summed E-state index contributed by atoms with van der Waals surface area (Å²) in [5.74, 6) is -5.34. The average Bonchev–Trinajstić information content (AvgIpc) is 2.31. The fourth-order valence-corrected chi connectivity index (χ4v) is 1.06. The number of para-hydroxylation sites is 1. The fourth-order valence-electron chi connectivity index (χ4n) is 1.06. The van der Waals surface area contributed by atoms with E-state index in [1.165, 1.54) is 0 Å². The number of halogens is 10. The average molecular weight is 362 g/mol. The lowest BCUT2D eigenvalue weighted by atomic mass is 10.3. The third kappa shape index (κ3) is 4.01. The Morgan fingerprint density at radius 2 is 0.957 bits per heavy atom. The lowest BCUT2D eigenvalue weighted by molar-refractivity contribution is -0.362. The molecule has 3 nitrogen and oxygen atoms in total. The molecule has 0 aliphatic heterocycles. The van der Waals surface area contributed by atoms with Crippen LogP contribution in [0.5, 0.6) is 17.2 Å². The van der Waals surface area contributed by atoms with Crippen LogP contribution in [-0.4, -0.2) is 29.7 Å². The van der Waals surface area contributed by atoms with E-state index >= 15 is 0 Å². The molecular weight excluding hydrogens is 358 g/mol. The summed E-state index contributed by atoms with van der Waals surface area (Å²) in [6, 6.07) is 0.991. The van der Waals surface area contributed by atoms with E-state index in [9.17, 15) is 49.0 Å². The van der Waals surface area contributed by atoms with E-state index in [0.717, 1.165) is 0 Å². The van der Waals surface area contributed by atoms with Gasteiger partial charge >= 0.3 is 24.6 Å². The molecule has 0 saturated heterocycles. The second-order valence-electron chi connectivity index (χ2n) is 3.84. The summed E-state index contributed by atoms with van der Waals surface area (Å²) in [5, 5.41) is 9.20. The lowest BCUT2D eigenvalue weighted by Gasteiger charge is -2.23.